The Morgan fingerprint density at radius 1 is 0.786 bits per heavy atom. The third-order valence-corrected chi connectivity index (χ3v) is 6.58. The van der Waals surface area contributed by atoms with Gasteiger partial charge < -0.3 is 14.8 Å². The van der Waals surface area contributed by atoms with Crippen LogP contribution in [0.2, 0.25) is 5.02 Å². The lowest BCUT2D eigenvalue weighted by Gasteiger charge is -2.33. The summed E-state index contributed by atoms with van der Waals surface area (Å²) in [4.78, 5) is 54.8. The zero-order chi connectivity index (χ0) is 29.6. The minimum atomic E-state index is -0.785. The molecular weight excluding hydrogens is 558 g/mol. The number of imide groups is 2. The predicted octanol–water partition coefficient (Wildman–Crippen LogP) is 5.95. The topological polar surface area (TPSA) is 105 Å². The number of urea groups is 1. The van der Waals surface area contributed by atoms with Crippen LogP contribution in [0.15, 0.2) is 109 Å². The number of hydrogen-bond donors (Lipinski definition) is 1. The molecule has 210 valence electrons. The van der Waals surface area contributed by atoms with E-state index in [1.54, 1.807) is 91.0 Å². The van der Waals surface area contributed by atoms with Crippen LogP contribution in [0.25, 0.3) is 6.08 Å². The molecule has 5 rings (SSSR count). The van der Waals surface area contributed by atoms with E-state index in [0.29, 0.717) is 28.4 Å². The number of barbiturate groups is 1. The molecule has 1 aliphatic rings. The van der Waals surface area contributed by atoms with Gasteiger partial charge in [-0.15, -0.1) is 0 Å². The van der Waals surface area contributed by atoms with Crippen LogP contribution in [0, 0.1) is 0 Å². The molecule has 0 aliphatic carbocycles. The molecule has 0 radical (unpaired) electrons. The largest absolute Gasteiger partial charge is 0.495 e. The van der Waals surface area contributed by atoms with Crippen molar-refractivity contribution in [3.63, 3.8) is 0 Å². The number of amides is 5. The highest BCUT2D eigenvalue weighted by molar-refractivity contribution is 6.46. The molecule has 0 unspecified atom stereocenters. The second-order valence-corrected chi connectivity index (χ2v) is 9.43. The molecule has 0 atom stereocenters. The molecular formula is C32H24ClN3O6. The molecule has 4 aromatic carbocycles. The summed E-state index contributed by atoms with van der Waals surface area (Å²) in [5.74, 6) is -1.23. The normalized spacial score (nSPS) is 13.2. The van der Waals surface area contributed by atoms with Crippen molar-refractivity contribution >= 4 is 58.5 Å². The lowest BCUT2D eigenvalue weighted by Crippen LogP contribution is -2.57. The summed E-state index contributed by atoms with van der Waals surface area (Å²) in [5, 5.41) is 2.87. The predicted molar refractivity (Wildman–Crippen MR) is 160 cm³/mol. The molecule has 5 amide bonds. The summed E-state index contributed by atoms with van der Waals surface area (Å²) < 4.78 is 10.8. The van der Waals surface area contributed by atoms with E-state index >= 15 is 0 Å². The van der Waals surface area contributed by atoms with Crippen LogP contribution in [0.3, 0.4) is 0 Å². The Balaban J connectivity index is 1.39. The molecule has 1 heterocycles. The fraction of sp³-hybridized carbons (Fsp3) is 0.0625. The van der Waals surface area contributed by atoms with Crippen LogP contribution < -0.4 is 24.6 Å². The Morgan fingerprint density at radius 3 is 1.93 bits per heavy atom. The first-order valence-corrected chi connectivity index (χ1v) is 13.1. The summed E-state index contributed by atoms with van der Waals surface area (Å²) in [6.45, 7) is -0.324. The van der Waals surface area contributed by atoms with E-state index in [1.165, 1.54) is 25.3 Å². The van der Waals surface area contributed by atoms with Crippen molar-refractivity contribution in [3.05, 3.63) is 119 Å². The quantitative estimate of drug-likeness (QED) is 0.204. The smallest absolute Gasteiger partial charge is 0.343 e. The zero-order valence-electron chi connectivity index (χ0n) is 22.3. The van der Waals surface area contributed by atoms with Crippen molar-refractivity contribution in [2.24, 2.45) is 0 Å². The number of nitrogens with zero attached hydrogens (tertiary/aromatic N) is 2. The van der Waals surface area contributed by atoms with Gasteiger partial charge in [0.15, 0.2) is 6.61 Å². The van der Waals surface area contributed by atoms with Gasteiger partial charge in [0.05, 0.1) is 29.2 Å². The lowest BCUT2D eigenvalue weighted by atomic mass is 10.0. The second kappa shape index (κ2) is 12.4. The molecule has 9 nitrogen and oxygen atoms in total. The highest BCUT2D eigenvalue weighted by atomic mass is 35.5. The molecule has 1 fully saturated rings. The molecule has 42 heavy (non-hydrogen) atoms. The van der Waals surface area contributed by atoms with Gasteiger partial charge in [-0.05, 0) is 60.2 Å². The first-order chi connectivity index (χ1) is 20.4. The minimum absolute atomic E-state index is 0.154. The van der Waals surface area contributed by atoms with Gasteiger partial charge in [-0.25, -0.2) is 14.6 Å². The number of halogens is 1. The number of anilines is 3. The second-order valence-electron chi connectivity index (χ2n) is 9.02. The number of ether oxygens (including phenoxy) is 2. The van der Waals surface area contributed by atoms with Gasteiger partial charge in [0.2, 0.25) is 0 Å². The Morgan fingerprint density at radius 2 is 1.36 bits per heavy atom. The van der Waals surface area contributed by atoms with E-state index in [0.717, 1.165) is 9.80 Å². The standard InChI is InChI=1S/C32H24ClN3O6/c1-41-28-15-9-8-14-26(28)34-29(37)20-42-27-17-16-21(19-25(27)33)18-24-30(38)35(22-10-4-2-5-11-22)32(40)36(31(24)39)23-12-6-3-7-13-23/h2-19H,20H2,1H3,(H,34,37). The van der Waals surface area contributed by atoms with Gasteiger partial charge in [0.25, 0.3) is 17.7 Å². The van der Waals surface area contributed by atoms with E-state index < -0.39 is 23.8 Å². The molecule has 10 heteroatoms. The number of rotatable bonds is 8. The van der Waals surface area contributed by atoms with E-state index in [1.807, 2.05) is 0 Å². The van der Waals surface area contributed by atoms with Crippen LogP contribution in [-0.4, -0.2) is 37.5 Å². The number of carbonyl (C=O) groups excluding carboxylic acids is 4. The third kappa shape index (κ3) is 5.86. The fourth-order valence-electron chi connectivity index (χ4n) is 4.31. The van der Waals surface area contributed by atoms with Crippen LogP contribution in [0.4, 0.5) is 21.9 Å². The van der Waals surface area contributed by atoms with Crippen molar-refractivity contribution in [3.8, 4) is 11.5 Å². The fourth-order valence-corrected chi connectivity index (χ4v) is 4.55. The number of benzene rings is 4. The van der Waals surface area contributed by atoms with E-state index in [4.69, 9.17) is 21.1 Å². The molecule has 1 saturated heterocycles. The van der Waals surface area contributed by atoms with Crippen LogP contribution >= 0.6 is 11.6 Å². The summed E-state index contributed by atoms with van der Waals surface area (Å²) >= 11 is 6.43. The molecule has 0 aromatic heterocycles. The van der Waals surface area contributed by atoms with Gasteiger partial charge in [-0.3, -0.25) is 14.4 Å². The maximum Gasteiger partial charge on any atom is 0.343 e. The summed E-state index contributed by atoms with van der Waals surface area (Å²) in [5.41, 5.74) is 1.32. The summed E-state index contributed by atoms with van der Waals surface area (Å²) in [6, 6.07) is 27.5. The highest BCUT2D eigenvalue weighted by Crippen LogP contribution is 2.31. The lowest BCUT2D eigenvalue weighted by molar-refractivity contribution is -0.121. The number of nitrogens with one attached hydrogen (secondary N) is 1. The zero-order valence-corrected chi connectivity index (χ0v) is 23.1. The van der Waals surface area contributed by atoms with Crippen molar-refractivity contribution in [2.45, 2.75) is 0 Å². The maximum atomic E-state index is 13.5. The SMILES string of the molecule is COc1ccccc1NC(=O)COc1ccc(C=C2C(=O)N(c3ccccc3)C(=O)N(c3ccccc3)C2=O)cc1Cl. The van der Waals surface area contributed by atoms with Crippen molar-refractivity contribution in [1.82, 2.24) is 0 Å². The monoisotopic (exact) mass is 581 g/mol. The Kier molecular flexibility index (Phi) is 8.31. The average molecular weight is 582 g/mol. The molecule has 1 aliphatic heterocycles. The number of para-hydroxylation sites is 4. The molecule has 1 N–H and O–H groups in total. The average Bonchev–Trinajstić information content (AvgIpc) is 3.00. The van der Waals surface area contributed by atoms with Crippen LogP contribution in [0.5, 0.6) is 11.5 Å². The van der Waals surface area contributed by atoms with Gasteiger partial charge >= 0.3 is 6.03 Å². The summed E-state index contributed by atoms with van der Waals surface area (Å²) in [7, 11) is 1.50. The number of hydrogen-bond acceptors (Lipinski definition) is 6. The molecule has 0 spiro atoms. The number of methoxy groups -OCH3 is 1. The van der Waals surface area contributed by atoms with Gasteiger partial charge in [-0.1, -0.05) is 66.2 Å². The first-order valence-electron chi connectivity index (χ1n) is 12.8. The molecule has 4 aromatic rings. The van der Waals surface area contributed by atoms with E-state index in [-0.39, 0.29) is 23.0 Å². The third-order valence-electron chi connectivity index (χ3n) is 6.29. The van der Waals surface area contributed by atoms with Crippen molar-refractivity contribution in [2.75, 3.05) is 28.8 Å². The Labute approximate surface area is 246 Å². The minimum Gasteiger partial charge on any atom is -0.495 e. The van der Waals surface area contributed by atoms with Crippen molar-refractivity contribution in [1.29, 1.82) is 0 Å². The first kappa shape index (κ1) is 28.1. The van der Waals surface area contributed by atoms with E-state index in [2.05, 4.69) is 5.32 Å². The Hall–Kier alpha value is -5.41. The van der Waals surface area contributed by atoms with E-state index in [9.17, 15) is 19.2 Å². The summed E-state index contributed by atoms with van der Waals surface area (Å²) in [6.07, 6.45) is 1.37. The Bertz CT molecular complexity index is 1630. The van der Waals surface area contributed by atoms with Gasteiger partial charge in [0.1, 0.15) is 17.1 Å². The van der Waals surface area contributed by atoms with Crippen LogP contribution in [-0.2, 0) is 14.4 Å². The van der Waals surface area contributed by atoms with Gasteiger partial charge in [0, 0.05) is 0 Å². The molecule has 0 bridgehead atoms. The van der Waals surface area contributed by atoms with Crippen molar-refractivity contribution < 1.29 is 28.7 Å². The van der Waals surface area contributed by atoms with Crippen LogP contribution in [0.1, 0.15) is 5.56 Å². The number of carbonyl (C=O) groups is 4. The van der Waals surface area contributed by atoms with Gasteiger partial charge in [-0.2, -0.15) is 0 Å². The maximum absolute atomic E-state index is 13.5. The molecule has 0 saturated carbocycles. The highest BCUT2D eigenvalue weighted by Gasteiger charge is 2.43.